The van der Waals surface area contributed by atoms with Gasteiger partial charge in [0.05, 0.1) is 11.8 Å². The third-order valence-corrected chi connectivity index (χ3v) is 3.96. The quantitative estimate of drug-likeness (QED) is 0.908. The second-order valence-corrected chi connectivity index (χ2v) is 5.46. The van der Waals surface area contributed by atoms with Gasteiger partial charge in [-0.2, -0.15) is 0 Å². The molecule has 2 aromatic rings. The van der Waals surface area contributed by atoms with Crippen molar-refractivity contribution in [1.29, 1.82) is 0 Å². The van der Waals surface area contributed by atoms with Crippen LogP contribution >= 0.6 is 23.1 Å². The van der Waals surface area contributed by atoms with E-state index in [9.17, 15) is 5.11 Å². The molecule has 0 aliphatic rings. The molecular weight excluding hydrogens is 240 g/mol. The topological polar surface area (TPSA) is 46.0 Å². The highest BCUT2D eigenvalue weighted by Crippen LogP contribution is 2.29. The van der Waals surface area contributed by atoms with Gasteiger partial charge in [0.25, 0.3) is 0 Å². The number of aromatic nitrogens is 2. The van der Waals surface area contributed by atoms with Gasteiger partial charge in [-0.3, -0.25) is 4.98 Å². The number of hydrogen-bond acceptors (Lipinski definition) is 5. The van der Waals surface area contributed by atoms with Gasteiger partial charge >= 0.3 is 0 Å². The van der Waals surface area contributed by atoms with Crippen molar-refractivity contribution in [1.82, 2.24) is 9.97 Å². The average molecular weight is 252 g/mol. The molecule has 0 aromatic carbocycles. The number of hydrogen-bond donors (Lipinski definition) is 1. The molecule has 3 nitrogen and oxygen atoms in total. The Morgan fingerprint density at radius 1 is 1.44 bits per heavy atom. The lowest BCUT2D eigenvalue weighted by Crippen LogP contribution is -1.97. The summed E-state index contributed by atoms with van der Waals surface area (Å²) in [5.41, 5.74) is 0.728. The zero-order valence-electron chi connectivity index (χ0n) is 8.83. The van der Waals surface area contributed by atoms with E-state index in [4.69, 9.17) is 0 Å². The van der Waals surface area contributed by atoms with E-state index in [-0.39, 0.29) is 0 Å². The van der Waals surface area contributed by atoms with E-state index in [0.29, 0.717) is 6.42 Å². The van der Waals surface area contributed by atoms with Gasteiger partial charge in [-0.25, -0.2) is 4.98 Å². The number of rotatable bonds is 4. The minimum Gasteiger partial charge on any atom is -0.387 e. The Morgan fingerprint density at radius 3 is 2.88 bits per heavy atom. The highest BCUT2D eigenvalue weighted by molar-refractivity contribution is 8.01. The van der Waals surface area contributed by atoms with Crippen LogP contribution in [0.1, 0.15) is 25.1 Å². The number of pyridine rings is 1. The molecule has 16 heavy (non-hydrogen) atoms. The summed E-state index contributed by atoms with van der Waals surface area (Å²) >= 11 is 3.19. The van der Waals surface area contributed by atoms with Crippen LogP contribution in [0.3, 0.4) is 0 Å². The Balaban J connectivity index is 2.07. The summed E-state index contributed by atoms with van der Waals surface area (Å²) in [7, 11) is 0. The smallest absolute Gasteiger partial charge is 0.154 e. The molecule has 1 atom stereocenters. The first kappa shape index (κ1) is 11.6. The fourth-order valence-electron chi connectivity index (χ4n) is 1.22. The molecule has 0 aliphatic carbocycles. The van der Waals surface area contributed by atoms with Gasteiger partial charge in [0.2, 0.25) is 0 Å². The van der Waals surface area contributed by atoms with Crippen LogP contribution in [0.4, 0.5) is 0 Å². The van der Waals surface area contributed by atoms with E-state index in [1.54, 1.807) is 35.5 Å². The summed E-state index contributed by atoms with van der Waals surface area (Å²) in [6.07, 6.45) is 3.79. The number of nitrogens with zero attached hydrogens (tertiary/aromatic N) is 2. The lowest BCUT2D eigenvalue weighted by Gasteiger charge is -2.06. The van der Waals surface area contributed by atoms with Crippen molar-refractivity contribution >= 4 is 23.1 Å². The predicted molar refractivity (Wildman–Crippen MR) is 65.7 cm³/mol. The molecule has 0 saturated heterocycles. The average Bonchev–Trinajstić information content (AvgIpc) is 2.82. The Labute approximate surface area is 103 Å². The summed E-state index contributed by atoms with van der Waals surface area (Å²) in [6.45, 7) is 1.94. The standard InChI is InChI=1S/C11H12N2OS2/c1-2-10(14)9-4-3-8(7-13-9)16-11-12-5-6-15-11/h3-7,10,14H,2H2,1H3/t10-/m0/s1. The minimum atomic E-state index is -0.459. The molecule has 5 heteroatoms. The molecule has 1 N–H and O–H groups in total. The second kappa shape index (κ2) is 5.43. The molecule has 0 bridgehead atoms. The van der Waals surface area contributed by atoms with Crippen LogP contribution in [-0.2, 0) is 0 Å². The highest BCUT2D eigenvalue weighted by atomic mass is 32.2. The number of thiazole rings is 1. The van der Waals surface area contributed by atoms with Crippen molar-refractivity contribution in [3.8, 4) is 0 Å². The Morgan fingerprint density at radius 2 is 2.31 bits per heavy atom. The van der Waals surface area contributed by atoms with Crippen molar-refractivity contribution in [2.24, 2.45) is 0 Å². The van der Waals surface area contributed by atoms with E-state index in [0.717, 1.165) is 14.9 Å². The van der Waals surface area contributed by atoms with Crippen LogP contribution in [0.2, 0.25) is 0 Å². The van der Waals surface area contributed by atoms with Gasteiger partial charge in [-0.05, 0) is 18.6 Å². The van der Waals surface area contributed by atoms with Gasteiger partial charge in [0.1, 0.15) is 0 Å². The van der Waals surface area contributed by atoms with Gasteiger partial charge < -0.3 is 5.11 Å². The Hall–Kier alpha value is -0.910. The van der Waals surface area contributed by atoms with Crippen LogP contribution in [0.5, 0.6) is 0 Å². The van der Waals surface area contributed by atoms with E-state index in [1.165, 1.54) is 0 Å². The molecule has 0 aliphatic heterocycles. The first-order valence-electron chi connectivity index (χ1n) is 5.01. The van der Waals surface area contributed by atoms with Crippen molar-refractivity contribution in [2.75, 3.05) is 0 Å². The van der Waals surface area contributed by atoms with Crippen molar-refractivity contribution in [3.05, 3.63) is 35.6 Å². The molecule has 2 heterocycles. The second-order valence-electron chi connectivity index (χ2n) is 3.24. The summed E-state index contributed by atoms with van der Waals surface area (Å²) in [5, 5.41) is 11.5. The molecule has 0 spiro atoms. The van der Waals surface area contributed by atoms with Gasteiger partial charge in [0, 0.05) is 22.7 Å². The van der Waals surface area contributed by atoms with Crippen molar-refractivity contribution in [2.45, 2.75) is 28.7 Å². The molecule has 2 aromatic heterocycles. The van der Waals surface area contributed by atoms with E-state index in [2.05, 4.69) is 9.97 Å². The maximum absolute atomic E-state index is 9.60. The van der Waals surface area contributed by atoms with Crippen LogP contribution in [0.25, 0.3) is 0 Å². The van der Waals surface area contributed by atoms with Gasteiger partial charge in [-0.1, -0.05) is 18.7 Å². The van der Waals surface area contributed by atoms with Crippen molar-refractivity contribution < 1.29 is 5.11 Å². The largest absolute Gasteiger partial charge is 0.387 e. The van der Waals surface area contributed by atoms with Crippen molar-refractivity contribution in [3.63, 3.8) is 0 Å². The lowest BCUT2D eigenvalue weighted by molar-refractivity contribution is 0.169. The van der Waals surface area contributed by atoms with Gasteiger partial charge in [0.15, 0.2) is 4.34 Å². The molecular formula is C11H12N2OS2. The molecule has 0 saturated carbocycles. The maximum atomic E-state index is 9.60. The molecule has 0 unspecified atom stereocenters. The third kappa shape index (κ3) is 2.81. The lowest BCUT2D eigenvalue weighted by atomic mass is 10.2. The Bertz CT molecular complexity index is 428. The summed E-state index contributed by atoms with van der Waals surface area (Å²) in [6, 6.07) is 3.83. The van der Waals surface area contributed by atoms with E-state index in [1.807, 2.05) is 24.4 Å². The van der Waals surface area contributed by atoms with Crippen LogP contribution in [-0.4, -0.2) is 15.1 Å². The van der Waals surface area contributed by atoms with Crippen LogP contribution < -0.4 is 0 Å². The molecule has 0 radical (unpaired) electrons. The predicted octanol–water partition coefficient (Wildman–Crippen LogP) is 3.13. The highest BCUT2D eigenvalue weighted by Gasteiger charge is 2.06. The SMILES string of the molecule is CC[C@H](O)c1ccc(Sc2nccs2)cn1. The fraction of sp³-hybridized carbons (Fsp3) is 0.273. The summed E-state index contributed by atoms with van der Waals surface area (Å²) in [5.74, 6) is 0. The first-order chi connectivity index (χ1) is 7.79. The van der Waals surface area contributed by atoms with E-state index < -0.39 is 6.10 Å². The molecule has 2 rings (SSSR count). The number of aliphatic hydroxyl groups excluding tert-OH is 1. The first-order valence-corrected chi connectivity index (χ1v) is 6.70. The van der Waals surface area contributed by atoms with E-state index >= 15 is 0 Å². The third-order valence-electron chi connectivity index (χ3n) is 2.10. The summed E-state index contributed by atoms with van der Waals surface area (Å²) in [4.78, 5) is 9.47. The van der Waals surface area contributed by atoms with Gasteiger partial charge in [-0.15, -0.1) is 11.3 Å². The number of aliphatic hydroxyl groups is 1. The minimum absolute atomic E-state index is 0.459. The molecule has 0 fully saturated rings. The monoisotopic (exact) mass is 252 g/mol. The zero-order valence-corrected chi connectivity index (χ0v) is 10.5. The van der Waals surface area contributed by atoms with Crippen LogP contribution in [0.15, 0.2) is 39.1 Å². The summed E-state index contributed by atoms with van der Waals surface area (Å²) < 4.78 is 1.01. The Kier molecular flexibility index (Phi) is 3.93. The normalized spacial score (nSPS) is 12.6. The molecule has 84 valence electrons. The fourth-order valence-corrected chi connectivity index (χ4v) is 2.78. The van der Waals surface area contributed by atoms with Crippen LogP contribution in [0, 0.1) is 0 Å². The maximum Gasteiger partial charge on any atom is 0.154 e. The molecule has 0 amide bonds. The zero-order chi connectivity index (χ0) is 11.4.